The highest BCUT2D eigenvalue weighted by molar-refractivity contribution is 6.76. The molecule has 2 saturated heterocycles. The van der Waals surface area contributed by atoms with E-state index >= 15 is 0 Å². The molecule has 0 saturated carbocycles. The van der Waals surface area contributed by atoms with Crippen LogP contribution in [0.3, 0.4) is 0 Å². The van der Waals surface area contributed by atoms with Gasteiger partial charge in [0.25, 0.3) is 5.91 Å². The van der Waals surface area contributed by atoms with Crippen LogP contribution in [0.5, 0.6) is 17.2 Å². The van der Waals surface area contributed by atoms with Crippen LogP contribution in [-0.2, 0) is 111 Å². The highest BCUT2D eigenvalue weighted by Gasteiger charge is 2.57. The van der Waals surface area contributed by atoms with Crippen molar-refractivity contribution in [1.82, 2.24) is 10.2 Å². The fourth-order valence-corrected chi connectivity index (χ4v) is 13.1. The van der Waals surface area contributed by atoms with Crippen LogP contribution in [-0.4, -0.2) is 288 Å². The third kappa shape index (κ3) is 35.6. The average Bonchev–Trinajstić information content (AvgIpc) is 1.50. The zero-order valence-electron chi connectivity index (χ0n) is 70.3. The zero-order valence-corrected chi connectivity index (χ0v) is 71.3. The first-order valence-corrected chi connectivity index (χ1v) is 44.3. The number of esters is 2. The predicted octanol–water partition coefficient (Wildman–Crippen LogP) is 10.4. The number of alkyl carbamates (subject to hydrolysis) is 1. The minimum absolute atomic E-state index is 0.00946. The number of aliphatic hydroxyl groups excluding tert-OH is 1. The molecule has 4 amide bonds. The molecule has 0 bridgehead atoms. The summed E-state index contributed by atoms with van der Waals surface area (Å²) in [5.41, 5.74) is 4.53. The number of hydrogen-bond donors (Lipinski definition) is 4. The van der Waals surface area contributed by atoms with Gasteiger partial charge in [0.05, 0.1) is 162 Å². The third-order valence-electron chi connectivity index (χ3n) is 18.4. The van der Waals surface area contributed by atoms with Crippen molar-refractivity contribution in [1.29, 1.82) is 0 Å². The van der Waals surface area contributed by atoms with E-state index in [4.69, 9.17) is 104 Å². The molecule has 4 aromatic carbocycles. The van der Waals surface area contributed by atoms with Gasteiger partial charge < -0.3 is 125 Å². The smallest absolute Gasteiger partial charge is 0.493 e. The summed E-state index contributed by atoms with van der Waals surface area (Å²) in [5, 5.41) is 18.4. The molecule has 37 heteroatoms. The van der Waals surface area contributed by atoms with E-state index < -0.39 is 132 Å². The van der Waals surface area contributed by atoms with Crippen LogP contribution in [0.1, 0.15) is 71.5 Å². The zero-order chi connectivity index (χ0) is 88.4. The number of methoxy groups -OCH3 is 1. The number of hydrogen-bond acceptors (Lipinski definition) is 32. The van der Waals surface area contributed by atoms with Gasteiger partial charge in [0.1, 0.15) is 45.4 Å². The minimum atomic E-state index is -2.10. The van der Waals surface area contributed by atoms with Crippen molar-refractivity contribution < 1.29 is 152 Å². The summed E-state index contributed by atoms with van der Waals surface area (Å²) in [7, 11) is -0.0873. The molecule has 676 valence electrons. The lowest BCUT2D eigenvalue weighted by Gasteiger charge is -2.42. The summed E-state index contributed by atoms with van der Waals surface area (Å²) in [4.78, 5) is 123. The molecule has 2 aliphatic heterocycles. The first-order valence-electron chi connectivity index (χ1n) is 40.6. The van der Waals surface area contributed by atoms with Gasteiger partial charge in [-0.05, 0) is 77.7 Å². The Balaban J connectivity index is 0.898. The van der Waals surface area contributed by atoms with Crippen LogP contribution in [0, 0.1) is 0 Å². The summed E-state index contributed by atoms with van der Waals surface area (Å²) in [6.07, 6.45) is -9.60. The Morgan fingerprint density at radius 3 is 1.62 bits per heavy atom. The Morgan fingerprint density at radius 1 is 0.528 bits per heavy atom. The van der Waals surface area contributed by atoms with E-state index in [1.165, 1.54) is 66.6 Å². The maximum Gasteiger partial charge on any atom is 0.509 e. The van der Waals surface area contributed by atoms with Crippen molar-refractivity contribution in [3.63, 3.8) is 0 Å². The van der Waals surface area contributed by atoms with Crippen molar-refractivity contribution in [2.24, 2.45) is 0 Å². The van der Waals surface area contributed by atoms with E-state index in [2.05, 4.69) is 86.2 Å². The molecular formula is C86H116N4O32Si. The van der Waals surface area contributed by atoms with Crippen LogP contribution >= 0.6 is 0 Å². The standard InChI is InChI=1S/C86H116N4O32Si/c1-9-31-112-80(95)77-75(120-84(98)113-32-10-2)76(121-85(99)114-33-11-3)78(122-86(100)115-34-12-4)81(119-77)118-70-27-26-60(58-116-83(97)89-68-56-72(110-35-19-25-74(93)111-52-53-123(6,7)8)71(101-5)55-66(68)79(94)90-30-18-17-20-61(90)57-91)54-69(70)88-73(92)28-36-102-38-40-104-42-44-106-46-48-108-50-51-109-49-47-107-45-43-105-41-39-103-37-29-87-82(96)117-59-67-64-23-15-13-21-62(64)63-22-14-16-24-65(63)67/h9-16,21-24,26-27,54-56,61,67,75-78,81,91H,1-4,17-20,25,28-53,57-59H2,5-8H3,(H,87,96)(H,88,92)(H,89,97)/t61-,75-,76-,77-,78+,81+/m0/s1. The lowest BCUT2D eigenvalue weighted by Crippen LogP contribution is -2.64. The SMILES string of the molecule is C=CCOC(=O)O[C@@H]1[C@@H](OC(=O)OCC=C)[C@H](Oc2ccc(COC(=O)Nc3cc(OCCCC(=O)OCC[Si](C)(C)C)c(OC)cc3C(=O)N3CCCC[C@H]3CO)cc2NC(=O)CCOCCOCCOCCOCCOCCOCCOCCOCCNC(=O)OCC2c3ccccc3-c3ccccc32)O[C@H](C(=O)OCC=C)[C@H]1OC(=O)OCC=C. The lowest BCUT2D eigenvalue weighted by atomic mass is 9.98. The molecule has 4 N–H and O–H groups in total. The Hall–Kier alpha value is -10.7. The molecule has 0 unspecified atom stereocenters. The Kier molecular flexibility index (Phi) is 45.4. The van der Waals surface area contributed by atoms with Crippen molar-refractivity contribution in [3.05, 3.63) is 152 Å². The van der Waals surface area contributed by atoms with Crippen molar-refractivity contribution in [2.45, 2.75) is 113 Å². The molecule has 36 nitrogen and oxygen atoms in total. The minimum Gasteiger partial charge on any atom is -0.493 e. The summed E-state index contributed by atoms with van der Waals surface area (Å²) in [6.45, 7) is 23.6. The quantitative estimate of drug-likeness (QED) is 0.0105. The molecule has 0 aromatic heterocycles. The summed E-state index contributed by atoms with van der Waals surface area (Å²) in [6, 6.07) is 23.4. The maximum absolute atomic E-state index is 14.5. The van der Waals surface area contributed by atoms with E-state index in [1.54, 1.807) is 0 Å². The first-order chi connectivity index (χ1) is 59.7. The number of likely N-dealkylation sites (tertiary alicyclic amines) is 1. The van der Waals surface area contributed by atoms with Crippen LogP contribution < -0.4 is 30.2 Å². The van der Waals surface area contributed by atoms with Gasteiger partial charge in [-0.1, -0.05) is 125 Å². The fourth-order valence-electron chi connectivity index (χ4n) is 12.4. The number of carbonyl (C=O) groups is 9. The molecule has 6 atom stereocenters. The molecule has 0 radical (unpaired) electrons. The van der Waals surface area contributed by atoms with Crippen molar-refractivity contribution >= 4 is 73.9 Å². The first kappa shape index (κ1) is 99.4. The number of aliphatic hydroxyl groups is 1. The van der Waals surface area contributed by atoms with Gasteiger partial charge in [0.15, 0.2) is 29.8 Å². The van der Waals surface area contributed by atoms with E-state index in [9.17, 15) is 48.3 Å². The van der Waals surface area contributed by atoms with Gasteiger partial charge in [-0.15, -0.1) is 0 Å². The van der Waals surface area contributed by atoms with Crippen LogP contribution in [0.25, 0.3) is 11.1 Å². The molecule has 4 aromatic rings. The van der Waals surface area contributed by atoms with Gasteiger partial charge in [0.2, 0.25) is 18.3 Å². The van der Waals surface area contributed by atoms with Crippen LogP contribution in [0.2, 0.25) is 25.7 Å². The molecule has 0 spiro atoms. The fraction of sp³-hybridized carbons (Fsp3) is 0.523. The predicted molar refractivity (Wildman–Crippen MR) is 445 cm³/mol. The second-order valence-corrected chi connectivity index (χ2v) is 34.2. The number of ether oxygens (including phenoxy) is 22. The summed E-state index contributed by atoms with van der Waals surface area (Å²) < 4.78 is 123. The van der Waals surface area contributed by atoms with Gasteiger partial charge >= 0.3 is 42.6 Å². The number of benzene rings is 4. The van der Waals surface area contributed by atoms with E-state index in [0.717, 1.165) is 34.7 Å². The van der Waals surface area contributed by atoms with Gasteiger partial charge in [0, 0.05) is 39.6 Å². The second-order valence-electron chi connectivity index (χ2n) is 28.6. The van der Waals surface area contributed by atoms with E-state index in [1.807, 2.05) is 24.3 Å². The monoisotopic (exact) mass is 1740 g/mol. The number of amides is 4. The summed E-state index contributed by atoms with van der Waals surface area (Å²) in [5.74, 6) is -2.95. The number of piperidine rings is 1. The molecule has 1 aliphatic carbocycles. The Bertz CT molecular complexity index is 3970. The number of nitrogens with one attached hydrogen (secondary N) is 3. The summed E-state index contributed by atoms with van der Waals surface area (Å²) >= 11 is 0. The van der Waals surface area contributed by atoms with Crippen molar-refractivity contribution in [2.75, 3.05) is 189 Å². The molecular weight excluding hydrogens is 1630 g/mol. The highest BCUT2D eigenvalue weighted by atomic mass is 28.3. The molecule has 7 rings (SSSR count). The van der Waals surface area contributed by atoms with Crippen LogP contribution in [0.15, 0.2) is 129 Å². The molecule has 123 heavy (non-hydrogen) atoms. The van der Waals surface area contributed by atoms with E-state index in [-0.39, 0.29) is 118 Å². The normalized spacial score (nSPS) is 16.5. The highest BCUT2D eigenvalue weighted by Crippen LogP contribution is 2.45. The topological polar surface area (TPSA) is 416 Å². The van der Waals surface area contributed by atoms with E-state index in [0.29, 0.717) is 105 Å². The molecule has 2 heterocycles. The lowest BCUT2D eigenvalue weighted by molar-refractivity contribution is -0.276. The number of rotatable bonds is 58. The Labute approximate surface area is 716 Å². The largest absolute Gasteiger partial charge is 0.509 e. The number of anilines is 2. The number of carbonyl (C=O) groups excluding carboxylic acids is 9. The average molecular weight is 1750 g/mol. The van der Waals surface area contributed by atoms with Crippen LogP contribution in [0.4, 0.5) is 35.3 Å². The second kappa shape index (κ2) is 56.1. The van der Waals surface area contributed by atoms with Gasteiger partial charge in [-0.2, -0.15) is 0 Å². The molecule has 3 aliphatic rings. The number of fused-ring (bicyclic) bond motifs is 3. The van der Waals surface area contributed by atoms with Crippen molar-refractivity contribution in [3.8, 4) is 28.4 Å². The maximum atomic E-state index is 14.5. The third-order valence-corrected chi connectivity index (χ3v) is 20.1. The number of nitrogens with zero attached hydrogens (tertiary/aromatic N) is 1. The van der Waals surface area contributed by atoms with Gasteiger partial charge in [-0.3, -0.25) is 19.7 Å². The Morgan fingerprint density at radius 2 is 1.07 bits per heavy atom. The van der Waals surface area contributed by atoms with Gasteiger partial charge in [-0.25, -0.2) is 28.8 Å². The molecule has 2 fully saturated rings.